The Balaban J connectivity index is 2.87. The number of aromatic nitrogens is 3. The van der Waals surface area contributed by atoms with Crippen LogP contribution in [0.15, 0.2) is 0 Å². The van der Waals surface area contributed by atoms with E-state index in [4.69, 9.17) is 21.4 Å². The van der Waals surface area contributed by atoms with Gasteiger partial charge in [-0.15, -0.1) is 0 Å². The van der Waals surface area contributed by atoms with Gasteiger partial charge >= 0.3 is 6.01 Å². The molecule has 1 N–H and O–H groups in total. The number of ether oxygens (including phenoxy) is 1. The third-order valence-corrected chi connectivity index (χ3v) is 2.45. The fraction of sp³-hybridized carbons (Fsp3) is 0.727. The summed E-state index contributed by atoms with van der Waals surface area (Å²) in [4.78, 5) is 14.0. The smallest absolute Gasteiger partial charge is 0.322 e. The molecule has 0 unspecified atom stereocenters. The Labute approximate surface area is 112 Å². The predicted octanol–water partition coefficient (Wildman–Crippen LogP) is 1.52. The molecule has 1 heterocycles. The third-order valence-electron chi connectivity index (χ3n) is 2.28. The van der Waals surface area contributed by atoms with E-state index < -0.39 is 0 Å². The van der Waals surface area contributed by atoms with Gasteiger partial charge in [-0.1, -0.05) is 13.3 Å². The quantitative estimate of drug-likeness (QED) is 0.775. The lowest BCUT2D eigenvalue weighted by atomic mass is 10.3. The van der Waals surface area contributed by atoms with Gasteiger partial charge in [-0.3, -0.25) is 0 Å². The second-order valence-corrected chi connectivity index (χ2v) is 4.02. The van der Waals surface area contributed by atoms with Gasteiger partial charge in [0.2, 0.25) is 11.2 Å². The van der Waals surface area contributed by atoms with Crippen LogP contribution in [0.3, 0.4) is 0 Å². The lowest BCUT2D eigenvalue weighted by molar-refractivity contribution is 0.298. The summed E-state index contributed by atoms with van der Waals surface area (Å²) in [5.41, 5.74) is 0. The number of aliphatic hydroxyl groups excluding tert-OH is 1. The van der Waals surface area contributed by atoms with Crippen molar-refractivity contribution in [3.05, 3.63) is 5.28 Å². The third kappa shape index (κ3) is 4.62. The van der Waals surface area contributed by atoms with Crippen molar-refractivity contribution in [3.8, 4) is 6.01 Å². The summed E-state index contributed by atoms with van der Waals surface area (Å²) < 4.78 is 5.22. The van der Waals surface area contributed by atoms with Crippen LogP contribution >= 0.6 is 11.6 Å². The normalized spacial score (nSPS) is 10.4. The topological polar surface area (TPSA) is 71.4 Å². The van der Waals surface area contributed by atoms with Gasteiger partial charge in [-0.05, 0) is 24.9 Å². The zero-order valence-corrected chi connectivity index (χ0v) is 11.5. The second-order valence-electron chi connectivity index (χ2n) is 3.68. The molecule has 0 amide bonds. The zero-order valence-electron chi connectivity index (χ0n) is 10.8. The number of halogens is 1. The minimum atomic E-state index is 0.0387. The Hall–Kier alpha value is -1.14. The molecule has 0 saturated carbocycles. The van der Waals surface area contributed by atoms with Crippen LogP contribution in [0.5, 0.6) is 6.01 Å². The molecule has 0 atom stereocenters. The maximum Gasteiger partial charge on any atom is 0.322 e. The lowest BCUT2D eigenvalue weighted by Gasteiger charge is -2.21. The van der Waals surface area contributed by atoms with E-state index >= 15 is 0 Å². The van der Waals surface area contributed by atoms with Gasteiger partial charge in [0.1, 0.15) is 0 Å². The van der Waals surface area contributed by atoms with Gasteiger partial charge in [0.15, 0.2) is 0 Å². The highest BCUT2D eigenvalue weighted by atomic mass is 35.5. The van der Waals surface area contributed by atoms with Crippen LogP contribution in [-0.4, -0.2) is 46.4 Å². The highest BCUT2D eigenvalue weighted by Gasteiger charge is 2.12. The first-order chi connectivity index (χ1) is 8.71. The Bertz CT molecular complexity index is 365. The Morgan fingerprint density at radius 1 is 1.22 bits per heavy atom. The van der Waals surface area contributed by atoms with Crippen molar-refractivity contribution in [1.82, 2.24) is 15.0 Å². The largest absolute Gasteiger partial charge is 0.464 e. The SMILES string of the molecule is CCCCN(CCO)c1nc(Cl)nc(OCC)n1. The molecule has 1 aromatic rings. The molecule has 0 aromatic carbocycles. The molecular weight excluding hydrogens is 256 g/mol. The van der Waals surface area contributed by atoms with Gasteiger partial charge in [0, 0.05) is 13.1 Å². The first-order valence-electron chi connectivity index (χ1n) is 6.11. The molecule has 7 heteroatoms. The van der Waals surface area contributed by atoms with Crippen LogP contribution in [0.4, 0.5) is 5.95 Å². The van der Waals surface area contributed by atoms with Crippen molar-refractivity contribution in [3.63, 3.8) is 0 Å². The molecule has 18 heavy (non-hydrogen) atoms. The lowest BCUT2D eigenvalue weighted by Crippen LogP contribution is -2.29. The van der Waals surface area contributed by atoms with E-state index in [1.807, 2.05) is 11.8 Å². The molecule has 102 valence electrons. The highest BCUT2D eigenvalue weighted by molar-refractivity contribution is 6.28. The zero-order chi connectivity index (χ0) is 13.4. The van der Waals surface area contributed by atoms with Crippen molar-refractivity contribution < 1.29 is 9.84 Å². The van der Waals surface area contributed by atoms with E-state index in [1.165, 1.54) is 0 Å². The molecule has 0 spiro atoms. The average Bonchev–Trinajstić information content (AvgIpc) is 2.34. The monoisotopic (exact) mass is 274 g/mol. The van der Waals surface area contributed by atoms with Crippen LogP contribution in [0.25, 0.3) is 0 Å². The molecule has 1 rings (SSSR count). The van der Waals surface area contributed by atoms with Crippen LogP contribution in [-0.2, 0) is 0 Å². The minimum Gasteiger partial charge on any atom is -0.464 e. The molecule has 0 saturated heterocycles. The van der Waals surface area contributed by atoms with Gasteiger partial charge in [-0.2, -0.15) is 15.0 Å². The Morgan fingerprint density at radius 2 is 2.00 bits per heavy atom. The standard InChI is InChI=1S/C11H19ClN4O2/c1-3-5-6-16(7-8-17)10-13-9(12)14-11(15-10)18-4-2/h17H,3-8H2,1-2H3. The fourth-order valence-electron chi connectivity index (χ4n) is 1.44. The summed E-state index contributed by atoms with van der Waals surface area (Å²) in [6.07, 6.45) is 2.05. The summed E-state index contributed by atoms with van der Waals surface area (Å²) in [6, 6.07) is 0.215. The van der Waals surface area contributed by atoms with Crippen molar-refractivity contribution in [2.45, 2.75) is 26.7 Å². The maximum absolute atomic E-state index is 9.06. The number of anilines is 1. The molecule has 0 bridgehead atoms. The van der Waals surface area contributed by atoms with Gasteiger partial charge in [0.25, 0.3) is 0 Å². The summed E-state index contributed by atoms with van der Waals surface area (Å²) >= 11 is 5.83. The number of hydrogen-bond donors (Lipinski definition) is 1. The van der Waals surface area contributed by atoms with Crippen LogP contribution in [0.2, 0.25) is 5.28 Å². The molecule has 6 nitrogen and oxygen atoms in total. The molecule has 0 aliphatic rings. The summed E-state index contributed by atoms with van der Waals surface area (Å²) in [7, 11) is 0. The second kappa shape index (κ2) is 8.05. The molecule has 0 fully saturated rings. The molecule has 1 aromatic heterocycles. The number of nitrogens with zero attached hydrogens (tertiary/aromatic N) is 4. The van der Waals surface area contributed by atoms with E-state index in [0.29, 0.717) is 19.1 Å². The maximum atomic E-state index is 9.06. The van der Waals surface area contributed by atoms with E-state index in [0.717, 1.165) is 19.4 Å². The summed E-state index contributed by atoms with van der Waals surface area (Å²) in [5.74, 6) is 0.445. The van der Waals surface area contributed by atoms with Gasteiger partial charge in [0.05, 0.1) is 13.2 Å². The highest BCUT2D eigenvalue weighted by Crippen LogP contribution is 2.15. The van der Waals surface area contributed by atoms with Crippen molar-refractivity contribution in [2.75, 3.05) is 31.2 Å². The van der Waals surface area contributed by atoms with E-state index in [-0.39, 0.29) is 17.9 Å². The summed E-state index contributed by atoms with van der Waals surface area (Å²) in [6.45, 7) is 5.68. The van der Waals surface area contributed by atoms with Gasteiger partial charge in [-0.25, -0.2) is 0 Å². The Kier molecular flexibility index (Phi) is 6.67. The average molecular weight is 275 g/mol. The first kappa shape index (κ1) is 14.9. The van der Waals surface area contributed by atoms with E-state index in [9.17, 15) is 0 Å². The number of hydrogen-bond acceptors (Lipinski definition) is 6. The predicted molar refractivity (Wildman–Crippen MR) is 70.2 cm³/mol. The number of aliphatic hydroxyl groups is 1. The van der Waals surface area contributed by atoms with Crippen LogP contribution < -0.4 is 9.64 Å². The van der Waals surface area contributed by atoms with Gasteiger partial charge < -0.3 is 14.7 Å². The summed E-state index contributed by atoms with van der Waals surface area (Å²) in [5, 5.41) is 9.16. The van der Waals surface area contributed by atoms with Crippen molar-refractivity contribution >= 4 is 17.5 Å². The molecule has 0 aliphatic heterocycles. The number of unbranched alkanes of at least 4 members (excludes halogenated alkanes) is 1. The fourth-order valence-corrected chi connectivity index (χ4v) is 1.59. The molecule has 0 aliphatic carbocycles. The Morgan fingerprint density at radius 3 is 2.61 bits per heavy atom. The van der Waals surface area contributed by atoms with Crippen LogP contribution in [0, 0.1) is 0 Å². The number of rotatable bonds is 8. The molecule has 0 radical (unpaired) electrons. The van der Waals surface area contributed by atoms with Crippen molar-refractivity contribution in [1.29, 1.82) is 0 Å². The molecular formula is C11H19ClN4O2. The first-order valence-corrected chi connectivity index (χ1v) is 6.49. The van der Waals surface area contributed by atoms with Crippen molar-refractivity contribution in [2.24, 2.45) is 0 Å². The van der Waals surface area contributed by atoms with E-state index in [2.05, 4.69) is 21.9 Å². The van der Waals surface area contributed by atoms with Crippen LogP contribution in [0.1, 0.15) is 26.7 Å². The van der Waals surface area contributed by atoms with E-state index in [1.54, 1.807) is 0 Å². The minimum absolute atomic E-state index is 0.0387.